The van der Waals surface area contributed by atoms with Crippen LogP contribution in [0.5, 0.6) is 0 Å². The summed E-state index contributed by atoms with van der Waals surface area (Å²) in [5.41, 5.74) is -0.802. The Balaban J connectivity index is 2.10. The molecule has 0 saturated carbocycles. The van der Waals surface area contributed by atoms with Crippen LogP contribution in [0.2, 0.25) is 5.15 Å². The van der Waals surface area contributed by atoms with Gasteiger partial charge in [0.2, 0.25) is 5.91 Å². The van der Waals surface area contributed by atoms with Crippen molar-refractivity contribution in [1.82, 2.24) is 24.1 Å². The van der Waals surface area contributed by atoms with Crippen molar-refractivity contribution in [2.24, 2.45) is 14.1 Å². The van der Waals surface area contributed by atoms with E-state index in [-0.39, 0.29) is 22.1 Å². The molecule has 1 amide bonds. The Morgan fingerprint density at radius 2 is 1.87 bits per heavy atom. The number of rotatable bonds is 4. The Hall–Kier alpha value is -2.72. The van der Waals surface area contributed by atoms with Crippen molar-refractivity contribution in [3.8, 4) is 0 Å². The first kappa shape index (κ1) is 23.0. The van der Waals surface area contributed by atoms with Gasteiger partial charge in [-0.2, -0.15) is 0 Å². The lowest BCUT2D eigenvalue weighted by molar-refractivity contribution is -0.115. The smallest absolute Gasteiger partial charge is 0.322 e. The third-order valence-corrected chi connectivity index (χ3v) is 6.00. The van der Waals surface area contributed by atoms with Crippen LogP contribution in [0, 0.1) is 0 Å². The van der Waals surface area contributed by atoms with Gasteiger partial charge in [-0.05, 0) is 19.1 Å². The Morgan fingerprint density at radius 1 is 1.19 bits per heavy atom. The van der Waals surface area contributed by atoms with Crippen LogP contribution in [0.15, 0.2) is 32.9 Å². The summed E-state index contributed by atoms with van der Waals surface area (Å²) in [4.78, 5) is 51.1. The number of hydrogen-bond acceptors (Lipinski definition) is 7. The van der Waals surface area contributed by atoms with Gasteiger partial charge < -0.3 is 5.32 Å². The van der Waals surface area contributed by atoms with Gasteiger partial charge in [-0.3, -0.25) is 18.7 Å². The molecule has 3 aromatic rings. The van der Waals surface area contributed by atoms with Crippen LogP contribution >= 0.6 is 23.4 Å². The van der Waals surface area contributed by atoms with Crippen molar-refractivity contribution in [3.63, 3.8) is 0 Å². The molecule has 1 atom stereocenters. The summed E-state index contributed by atoms with van der Waals surface area (Å²) < 4.78 is 2.32. The molecule has 0 bridgehead atoms. The Kier molecular flexibility index (Phi) is 6.24. The van der Waals surface area contributed by atoms with Crippen LogP contribution in [0.4, 0.5) is 5.69 Å². The van der Waals surface area contributed by atoms with E-state index in [1.165, 1.54) is 17.8 Å². The first-order valence-electron chi connectivity index (χ1n) is 9.48. The molecule has 1 unspecified atom stereocenters. The van der Waals surface area contributed by atoms with Gasteiger partial charge in [0.15, 0.2) is 10.8 Å². The zero-order chi connectivity index (χ0) is 23.1. The summed E-state index contributed by atoms with van der Waals surface area (Å²) >= 11 is 7.14. The highest BCUT2D eigenvalue weighted by Gasteiger charge is 2.26. The molecule has 0 aliphatic carbocycles. The predicted molar refractivity (Wildman–Crippen MR) is 122 cm³/mol. The van der Waals surface area contributed by atoms with Gasteiger partial charge in [0.25, 0.3) is 5.56 Å². The third-order valence-electron chi connectivity index (χ3n) is 4.61. The van der Waals surface area contributed by atoms with Gasteiger partial charge in [-0.25, -0.2) is 19.7 Å². The lowest BCUT2D eigenvalue weighted by atomic mass is 9.96. The van der Waals surface area contributed by atoms with Crippen molar-refractivity contribution in [1.29, 1.82) is 0 Å². The van der Waals surface area contributed by atoms with E-state index in [9.17, 15) is 14.4 Å². The summed E-state index contributed by atoms with van der Waals surface area (Å²) in [5, 5.41) is 2.83. The minimum atomic E-state index is -0.621. The van der Waals surface area contributed by atoms with Gasteiger partial charge in [-0.15, -0.1) is 0 Å². The molecule has 3 aromatic heterocycles. The van der Waals surface area contributed by atoms with E-state index < -0.39 is 21.9 Å². The Morgan fingerprint density at radius 3 is 2.48 bits per heavy atom. The molecule has 3 rings (SSSR count). The van der Waals surface area contributed by atoms with E-state index >= 15 is 0 Å². The van der Waals surface area contributed by atoms with Gasteiger partial charge in [0.05, 0.1) is 10.9 Å². The van der Waals surface area contributed by atoms with Crippen LogP contribution in [0.1, 0.15) is 33.5 Å². The molecule has 9 nitrogen and oxygen atoms in total. The average molecular weight is 463 g/mol. The zero-order valence-electron chi connectivity index (χ0n) is 18.1. The molecule has 0 fully saturated rings. The fourth-order valence-electron chi connectivity index (χ4n) is 2.78. The van der Waals surface area contributed by atoms with E-state index in [4.69, 9.17) is 11.6 Å². The maximum atomic E-state index is 12.9. The number of nitrogens with one attached hydrogen (secondary N) is 1. The maximum absolute atomic E-state index is 12.9. The summed E-state index contributed by atoms with van der Waals surface area (Å²) in [7, 11) is 2.95. The first-order chi connectivity index (χ1) is 14.4. The van der Waals surface area contributed by atoms with Crippen molar-refractivity contribution in [3.05, 3.63) is 50.1 Å². The van der Waals surface area contributed by atoms with Crippen LogP contribution in [-0.4, -0.2) is 35.2 Å². The fraction of sp³-hybridized carbons (Fsp3) is 0.400. The Bertz CT molecular complexity index is 1300. The number of pyridine rings is 1. The van der Waals surface area contributed by atoms with Crippen molar-refractivity contribution in [2.75, 3.05) is 5.32 Å². The molecule has 0 radical (unpaired) electrons. The Labute approximate surface area is 187 Å². The van der Waals surface area contributed by atoms with Crippen molar-refractivity contribution >= 4 is 46.0 Å². The van der Waals surface area contributed by atoms with Gasteiger partial charge in [0, 0.05) is 25.7 Å². The molecule has 164 valence electrons. The van der Waals surface area contributed by atoms with Crippen LogP contribution in [0.3, 0.4) is 0 Å². The fourth-order valence-corrected chi connectivity index (χ4v) is 3.89. The van der Waals surface area contributed by atoms with Gasteiger partial charge in [0.1, 0.15) is 16.2 Å². The largest absolute Gasteiger partial charge is 0.332 e. The number of thioether (sulfide) groups is 1. The molecule has 0 aliphatic rings. The highest BCUT2D eigenvalue weighted by molar-refractivity contribution is 8.00. The van der Waals surface area contributed by atoms with E-state index in [1.807, 2.05) is 20.8 Å². The van der Waals surface area contributed by atoms with Crippen LogP contribution < -0.4 is 16.6 Å². The molecule has 31 heavy (non-hydrogen) atoms. The second-order valence-electron chi connectivity index (χ2n) is 8.10. The van der Waals surface area contributed by atoms with Gasteiger partial charge >= 0.3 is 5.69 Å². The third kappa shape index (κ3) is 4.49. The van der Waals surface area contributed by atoms with E-state index in [2.05, 4.69) is 20.3 Å². The molecule has 3 heterocycles. The predicted octanol–water partition coefficient (Wildman–Crippen LogP) is 2.49. The number of fused-ring (bicyclic) bond motifs is 1. The van der Waals surface area contributed by atoms with E-state index in [0.717, 1.165) is 16.3 Å². The number of halogens is 1. The minimum absolute atomic E-state index is 0.180. The first-order valence-corrected chi connectivity index (χ1v) is 10.7. The van der Waals surface area contributed by atoms with Crippen LogP contribution in [-0.2, 0) is 24.3 Å². The molecule has 0 aromatic carbocycles. The molecule has 0 spiro atoms. The SMILES string of the molecule is CC(Sc1nc(C(C)(C)C)nc2c1c(=O)n(C)c(=O)n2C)C(=O)Nc1cccnc1Cl. The molecular weight excluding hydrogens is 440 g/mol. The molecular formula is C20H23ClN6O3S. The number of hydrogen-bond donors (Lipinski definition) is 1. The van der Waals surface area contributed by atoms with Crippen molar-refractivity contribution in [2.45, 2.75) is 43.4 Å². The van der Waals surface area contributed by atoms with Gasteiger partial charge in [-0.1, -0.05) is 44.1 Å². The van der Waals surface area contributed by atoms with Crippen LogP contribution in [0.25, 0.3) is 11.0 Å². The number of aromatic nitrogens is 5. The maximum Gasteiger partial charge on any atom is 0.332 e. The summed E-state index contributed by atoms with van der Waals surface area (Å²) in [6, 6.07) is 3.31. The average Bonchev–Trinajstić information content (AvgIpc) is 2.71. The highest BCUT2D eigenvalue weighted by atomic mass is 35.5. The summed E-state index contributed by atoms with van der Waals surface area (Å²) in [6.07, 6.45) is 1.53. The number of nitrogens with zero attached hydrogens (tertiary/aromatic N) is 5. The second-order valence-corrected chi connectivity index (χ2v) is 9.79. The number of carbonyl (C=O) groups excluding carboxylic acids is 1. The highest BCUT2D eigenvalue weighted by Crippen LogP contribution is 2.30. The second kappa shape index (κ2) is 8.43. The normalized spacial score (nSPS) is 12.7. The van der Waals surface area contributed by atoms with Crippen molar-refractivity contribution < 1.29 is 4.79 Å². The lowest BCUT2D eigenvalue weighted by Gasteiger charge is -2.20. The topological polar surface area (TPSA) is 112 Å². The number of amides is 1. The summed E-state index contributed by atoms with van der Waals surface area (Å²) in [6.45, 7) is 7.49. The minimum Gasteiger partial charge on any atom is -0.322 e. The molecule has 1 N–H and O–H groups in total. The molecule has 0 saturated heterocycles. The quantitative estimate of drug-likeness (QED) is 0.360. The number of anilines is 1. The number of aryl methyl sites for hydroxylation is 1. The number of carbonyl (C=O) groups is 1. The monoisotopic (exact) mass is 462 g/mol. The molecule has 11 heteroatoms. The lowest BCUT2D eigenvalue weighted by Crippen LogP contribution is -2.38. The molecule has 0 aliphatic heterocycles. The summed E-state index contributed by atoms with van der Waals surface area (Å²) in [5.74, 6) is 0.138. The standard InChI is InChI=1S/C20H23ClN6O3S/c1-10(15(28)23-11-8-7-9-22-13(11)21)31-16-12-14(24-18(25-16)20(2,3)4)26(5)19(30)27(6)17(12)29/h7-10H,1-6H3,(H,23,28). The zero-order valence-corrected chi connectivity index (χ0v) is 19.6. The van der Waals surface area contributed by atoms with E-state index in [1.54, 1.807) is 26.1 Å². The van der Waals surface area contributed by atoms with E-state index in [0.29, 0.717) is 16.5 Å².